The molecule has 1 fully saturated rings. The van der Waals surface area contributed by atoms with Gasteiger partial charge < -0.3 is 7.96 Å². The van der Waals surface area contributed by atoms with E-state index in [2.05, 4.69) is 0 Å². The van der Waals surface area contributed by atoms with Gasteiger partial charge in [0.1, 0.15) is 0 Å². The van der Waals surface area contributed by atoms with Crippen molar-refractivity contribution in [3.8, 4) is 0 Å². The van der Waals surface area contributed by atoms with E-state index in [1.54, 1.807) is 0 Å². The topological polar surface area (TPSA) is 20.2 Å². The monoisotopic (exact) mass is 140 g/mol. The minimum absolute atomic E-state index is 0. The first kappa shape index (κ1) is 9.73. The van der Waals surface area contributed by atoms with Crippen LogP contribution >= 0.6 is 0 Å². The molecule has 0 saturated heterocycles. The molecular formula is C7H16MgO. The average Bonchev–Trinajstić information content (AvgIpc) is 1.65. The zero-order valence-corrected chi connectivity index (χ0v) is 7.60. The first-order valence-corrected chi connectivity index (χ1v) is 3.43. The molecule has 9 heavy (non-hydrogen) atoms. The van der Waals surface area contributed by atoms with E-state index in [-0.39, 0.29) is 31.5 Å². The van der Waals surface area contributed by atoms with E-state index >= 15 is 0 Å². The third-order valence-corrected chi connectivity index (χ3v) is 1.93. The summed E-state index contributed by atoms with van der Waals surface area (Å²) >= 11 is 0. The molecule has 0 aliphatic heterocycles. The summed E-state index contributed by atoms with van der Waals surface area (Å²) in [6, 6.07) is 0. The summed E-state index contributed by atoms with van der Waals surface area (Å²) in [6.07, 6.45) is 5.76. The standard InChI is InChI=1S/C7H14O.Mg.2H/c1-7(8)5-3-2-4-6-7;;;/h8H,2-6H2,1H3;;;/q;+2;2*-1. The van der Waals surface area contributed by atoms with Crippen molar-refractivity contribution in [3.05, 3.63) is 0 Å². The Balaban J connectivity index is -0.000000213. The smallest absolute Gasteiger partial charge is 1.00 e. The molecule has 0 atom stereocenters. The van der Waals surface area contributed by atoms with Crippen LogP contribution in [-0.2, 0) is 0 Å². The van der Waals surface area contributed by atoms with Crippen molar-refractivity contribution in [1.82, 2.24) is 0 Å². The molecule has 0 heterocycles. The molecule has 1 rings (SSSR count). The average molecular weight is 141 g/mol. The predicted octanol–water partition coefficient (Wildman–Crippen LogP) is 1.55. The summed E-state index contributed by atoms with van der Waals surface area (Å²) in [4.78, 5) is 0. The van der Waals surface area contributed by atoms with Crippen LogP contribution in [0.2, 0.25) is 0 Å². The maximum absolute atomic E-state index is 9.37. The molecule has 1 saturated carbocycles. The van der Waals surface area contributed by atoms with Gasteiger partial charge in [0.15, 0.2) is 0 Å². The van der Waals surface area contributed by atoms with Gasteiger partial charge in [0.25, 0.3) is 0 Å². The SMILES string of the molecule is CC1(O)CCCCC1.[H-].[H-].[Mg+2]. The molecule has 0 amide bonds. The Bertz CT molecular complexity index is 80.5. The van der Waals surface area contributed by atoms with E-state index in [0.717, 1.165) is 12.8 Å². The largest absolute Gasteiger partial charge is 2.00 e. The fourth-order valence-corrected chi connectivity index (χ4v) is 1.31. The van der Waals surface area contributed by atoms with Crippen molar-refractivity contribution in [3.63, 3.8) is 0 Å². The van der Waals surface area contributed by atoms with Crippen molar-refractivity contribution in [1.29, 1.82) is 0 Å². The van der Waals surface area contributed by atoms with E-state index in [1.807, 2.05) is 6.92 Å². The molecule has 0 aromatic carbocycles. The summed E-state index contributed by atoms with van der Waals surface area (Å²) in [5.74, 6) is 0. The minimum atomic E-state index is -0.321. The van der Waals surface area contributed by atoms with Gasteiger partial charge in [0.05, 0.1) is 5.60 Å². The summed E-state index contributed by atoms with van der Waals surface area (Å²) in [6.45, 7) is 1.94. The van der Waals surface area contributed by atoms with Gasteiger partial charge in [0.2, 0.25) is 0 Å². The van der Waals surface area contributed by atoms with Gasteiger partial charge in [0, 0.05) is 0 Å². The molecule has 1 aliphatic carbocycles. The van der Waals surface area contributed by atoms with Crippen LogP contribution in [0.25, 0.3) is 0 Å². The van der Waals surface area contributed by atoms with Crippen molar-refractivity contribution in [2.75, 3.05) is 0 Å². The number of aliphatic hydroxyl groups is 1. The molecule has 0 aromatic heterocycles. The molecule has 1 N–H and O–H groups in total. The maximum Gasteiger partial charge on any atom is 2.00 e. The first-order chi connectivity index (χ1) is 3.71. The summed E-state index contributed by atoms with van der Waals surface area (Å²) in [7, 11) is 0. The number of rotatable bonds is 0. The van der Waals surface area contributed by atoms with Crippen LogP contribution in [0.3, 0.4) is 0 Å². The normalized spacial score (nSPS) is 24.7. The Morgan fingerprint density at radius 3 is 1.89 bits per heavy atom. The zero-order valence-electron chi connectivity index (χ0n) is 8.19. The van der Waals surface area contributed by atoms with Crippen molar-refractivity contribution >= 4 is 23.1 Å². The first-order valence-electron chi connectivity index (χ1n) is 3.43. The van der Waals surface area contributed by atoms with E-state index < -0.39 is 0 Å². The van der Waals surface area contributed by atoms with Gasteiger partial charge in [-0.1, -0.05) is 19.3 Å². The summed E-state index contributed by atoms with van der Waals surface area (Å²) in [5.41, 5.74) is -0.321. The van der Waals surface area contributed by atoms with Crippen LogP contribution < -0.4 is 0 Å². The van der Waals surface area contributed by atoms with Crippen LogP contribution in [0.4, 0.5) is 0 Å². The van der Waals surface area contributed by atoms with Gasteiger partial charge in [-0.3, -0.25) is 0 Å². The Hall–Kier alpha value is 0.726. The van der Waals surface area contributed by atoms with Crippen LogP contribution in [0.1, 0.15) is 41.9 Å². The van der Waals surface area contributed by atoms with Gasteiger partial charge in [-0.2, -0.15) is 0 Å². The van der Waals surface area contributed by atoms with Crippen LogP contribution in [0.15, 0.2) is 0 Å². The fraction of sp³-hybridized carbons (Fsp3) is 1.00. The zero-order chi connectivity index (χ0) is 6.04. The van der Waals surface area contributed by atoms with E-state index in [4.69, 9.17) is 0 Å². The second kappa shape index (κ2) is 3.79. The van der Waals surface area contributed by atoms with E-state index in [0.29, 0.717) is 0 Å². The van der Waals surface area contributed by atoms with Gasteiger partial charge in [-0.05, 0) is 19.8 Å². The Morgan fingerprint density at radius 2 is 1.67 bits per heavy atom. The molecule has 0 aromatic rings. The molecular weight excluding hydrogens is 124 g/mol. The van der Waals surface area contributed by atoms with Gasteiger partial charge >= 0.3 is 23.1 Å². The van der Waals surface area contributed by atoms with E-state index in [9.17, 15) is 5.11 Å². The number of hydrogen-bond donors (Lipinski definition) is 1. The quantitative estimate of drug-likeness (QED) is 0.506. The molecule has 1 aliphatic rings. The predicted molar refractivity (Wildman–Crippen MR) is 41.7 cm³/mol. The van der Waals surface area contributed by atoms with Gasteiger partial charge in [-0.25, -0.2) is 0 Å². The molecule has 52 valence electrons. The Morgan fingerprint density at radius 1 is 1.22 bits per heavy atom. The maximum atomic E-state index is 9.37. The number of hydrogen-bond acceptors (Lipinski definition) is 1. The van der Waals surface area contributed by atoms with Crippen molar-refractivity contribution in [2.45, 2.75) is 44.6 Å². The van der Waals surface area contributed by atoms with Crippen molar-refractivity contribution in [2.24, 2.45) is 0 Å². The molecule has 0 radical (unpaired) electrons. The summed E-state index contributed by atoms with van der Waals surface area (Å²) in [5, 5.41) is 9.37. The second-order valence-corrected chi connectivity index (χ2v) is 3.06. The Labute approximate surface area is 76.0 Å². The molecule has 2 heteroatoms. The van der Waals surface area contributed by atoms with Crippen LogP contribution in [-0.4, -0.2) is 33.8 Å². The van der Waals surface area contributed by atoms with E-state index in [1.165, 1.54) is 19.3 Å². The second-order valence-electron chi connectivity index (χ2n) is 3.06. The van der Waals surface area contributed by atoms with Crippen LogP contribution in [0.5, 0.6) is 0 Å². The molecule has 1 nitrogen and oxygen atoms in total. The summed E-state index contributed by atoms with van der Waals surface area (Å²) < 4.78 is 0. The third-order valence-electron chi connectivity index (χ3n) is 1.93. The third kappa shape index (κ3) is 3.43. The van der Waals surface area contributed by atoms with Gasteiger partial charge in [-0.15, -0.1) is 0 Å². The molecule has 0 unspecified atom stereocenters. The Kier molecular flexibility index (Phi) is 4.09. The van der Waals surface area contributed by atoms with Crippen LogP contribution in [0, 0.1) is 0 Å². The minimum Gasteiger partial charge on any atom is -1.00 e. The fourth-order valence-electron chi connectivity index (χ4n) is 1.31. The van der Waals surface area contributed by atoms with Crippen molar-refractivity contribution < 1.29 is 7.96 Å². The molecule has 0 bridgehead atoms. The molecule has 0 spiro atoms.